The van der Waals surface area contributed by atoms with Gasteiger partial charge < -0.3 is 0 Å². The highest BCUT2D eigenvalue weighted by atomic mass is 79.9. The van der Waals surface area contributed by atoms with Crippen molar-refractivity contribution in [2.45, 2.75) is 25.8 Å². The second kappa shape index (κ2) is 6.37. The zero-order valence-corrected chi connectivity index (χ0v) is 13.6. The van der Waals surface area contributed by atoms with Crippen LogP contribution in [-0.4, -0.2) is 20.1 Å². The second-order valence-corrected chi connectivity index (χ2v) is 7.73. The fraction of sp³-hybridized carbons (Fsp3) is 0.500. The summed E-state index contributed by atoms with van der Waals surface area (Å²) >= 11 is 8.87. The number of halogens is 2. The highest BCUT2D eigenvalue weighted by Gasteiger charge is 2.26. The van der Waals surface area contributed by atoms with Crippen LogP contribution in [0.15, 0.2) is 28.7 Å². The van der Waals surface area contributed by atoms with Crippen LogP contribution in [-0.2, 0) is 15.6 Å². The largest absolute Gasteiger partial charge is 0.212 e. The topological polar surface area (TPSA) is 46.2 Å². The summed E-state index contributed by atoms with van der Waals surface area (Å²) in [4.78, 5) is 0. The minimum absolute atomic E-state index is 0.0520. The minimum Gasteiger partial charge on any atom is -0.212 e. The fourth-order valence-electron chi connectivity index (χ4n) is 1.61. The quantitative estimate of drug-likeness (QED) is 0.797. The second-order valence-electron chi connectivity index (χ2n) is 4.60. The summed E-state index contributed by atoms with van der Waals surface area (Å²) in [5.74, 6) is 0.399. The van der Waals surface area contributed by atoms with Gasteiger partial charge in [0.05, 0.1) is 11.3 Å². The van der Waals surface area contributed by atoms with Gasteiger partial charge in [-0.1, -0.05) is 28.1 Å². The van der Waals surface area contributed by atoms with Crippen molar-refractivity contribution in [3.05, 3.63) is 34.3 Å². The Bertz CT molecular complexity index is 485. The van der Waals surface area contributed by atoms with E-state index < -0.39 is 15.6 Å². The first-order chi connectivity index (χ1) is 8.27. The van der Waals surface area contributed by atoms with Gasteiger partial charge in [-0.2, -0.15) is 0 Å². The van der Waals surface area contributed by atoms with Crippen LogP contribution in [0.4, 0.5) is 0 Å². The van der Waals surface area contributed by atoms with Crippen LogP contribution in [0.3, 0.4) is 0 Å². The Morgan fingerprint density at radius 3 is 2.33 bits per heavy atom. The molecule has 1 N–H and O–H groups in total. The Hall–Kier alpha value is -0.100. The van der Waals surface area contributed by atoms with E-state index in [4.69, 9.17) is 11.6 Å². The molecule has 102 valence electrons. The molecule has 0 aliphatic heterocycles. The third-order valence-electron chi connectivity index (χ3n) is 2.52. The van der Waals surface area contributed by atoms with Gasteiger partial charge in [-0.15, -0.1) is 11.6 Å². The molecule has 0 unspecified atom stereocenters. The van der Waals surface area contributed by atoms with E-state index in [0.29, 0.717) is 12.3 Å². The Kier molecular flexibility index (Phi) is 5.65. The number of hydrogen-bond acceptors (Lipinski definition) is 2. The monoisotopic (exact) mass is 353 g/mol. The number of alkyl halides is 1. The highest BCUT2D eigenvalue weighted by Crippen LogP contribution is 2.23. The Labute approximate surface area is 122 Å². The molecule has 0 aliphatic carbocycles. The minimum atomic E-state index is -3.31. The highest BCUT2D eigenvalue weighted by molar-refractivity contribution is 9.10. The van der Waals surface area contributed by atoms with Crippen molar-refractivity contribution in [1.29, 1.82) is 0 Å². The van der Waals surface area contributed by atoms with Crippen molar-refractivity contribution in [1.82, 2.24) is 4.72 Å². The lowest BCUT2D eigenvalue weighted by Crippen LogP contribution is -2.42. The van der Waals surface area contributed by atoms with Crippen LogP contribution in [0.25, 0.3) is 0 Å². The first-order valence-corrected chi connectivity index (χ1v) is 8.58. The molecule has 0 aromatic heterocycles. The predicted octanol–water partition coefficient (Wildman–Crippen LogP) is 3.23. The van der Waals surface area contributed by atoms with Crippen LogP contribution < -0.4 is 4.72 Å². The molecule has 3 nitrogen and oxygen atoms in total. The summed E-state index contributed by atoms with van der Waals surface area (Å²) in [6.07, 6.45) is 0.452. The molecule has 0 aliphatic rings. The molecular weight excluding hydrogens is 338 g/mol. The Balaban J connectivity index is 2.84. The third kappa shape index (κ3) is 4.88. The molecule has 1 aromatic carbocycles. The summed E-state index contributed by atoms with van der Waals surface area (Å²) in [6.45, 7) is 3.68. The van der Waals surface area contributed by atoms with E-state index in [2.05, 4.69) is 20.7 Å². The summed E-state index contributed by atoms with van der Waals surface area (Å²) in [7, 11) is -3.31. The summed E-state index contributed by atoms with van der Waals surface area (Å²) < 4.78 is 27.4. The van der Waals surface area contributed by atoms with E-state index in [0.717, 1.165) is 10.0 Å². The molecule has 1 rings (SSSR count). The lowest BCUT2D eigenvalue weighted by molar-refractivity contribution is 0.471. The number of hydrogen-bond donors (Lipinski definition) is 1. The molecule has 6 heteroatoms. The zero-order valence-electron chi connectivity index (χ0n) is 10.4. The van der Waals surface area contributed by atoms with Gasteiger partial charge in [-0.05, 0) is 38.0 Å². The van der Waals surface area contributed by atoms with Crippen LogP contribution in [0, 0.1) is 0 Å². The first kappa shape index (κ1) is 16.0. The van der Waals surface area contributed by atoms with Crippen molar-refractivity contribution >= 4 is 37.6 Å². The molecule has 0 heterocycles. The normalized spacial score (nSPS) is 12.7. The number of rotatable bonds is 6. The molecule has 18 heavy (non-hydrogen) atoms. The molecule has 0 saturated heterocycles. The van der Waals surface area contributed by atoms with Gasteiger partial charge in [0.25, 0.3) is 0 Å². The van der Waals surface area contributed by atoms with Crippen LogP contribution in [0.5, 0.6) is 0 Å². The predicted molar refractivity (Wildman–Crippen MR) is 79.4 cm³/mol. The van der Waals surface area contributed by atoms with Gasteiger partial charge in [0.1, 0.15) is 0 Å². The smallest absolute Gasteiger partial charge is 0.212 e. The van der Waals surface area contributed by atoms with Gasteiger partial charge in [0.2, 0.25) is 10.0 Å². The SMILES string of the molecule is CC(C)(NS(=O)(=O)CCCCl)c1ccc(Br)cc1. The van der Waals surface area contributed by atoms with Crippen molar-refractivity contribution < 1.29 is 8.42 Å². The van der Waals surface area contributed by atoms with Crippen LogP contribution in [0.2, 0.25) is 0 Å². The summed E-state index contributed by atoms with van der Waals surface area (Å²) in [6, 6.07) is 7.58. The van der Waals surface area contributed by atoms with Gasteiger partial charge in [-0.3, -0.25) is 0 Å². The lowest BCUT2D eigenvalue weighted by atomic mass is 9.96. The van der Waals surface area contributed by atoms with Crippen molar-refractivity contribution in [3.63, 3.8) is 0 Å². The molecule has 0 bridgehead atoms. The fourth-order valence-corrected chi connectivity index (χ4v) is 3.69. The summed E-state index contributed by atoms with van der Waals surface area (Å²) in [5.41, 5.74) is 0.284. The maximum atomic E-state index is 11.9. The Morgan fingerprint density at radius 1 is 1.28 bits per heavy atom. The molecular formula is C12H17BrClNO2S. The van der Waals surface area contributed by atoms with Gasteiger partial charge in [-0.25, -0.2) is 13.1 Å². The van der Waals surface area contributed by atoms with Crippen LogP contribution in [0.1, 0.15) is 25.8 Å². The third-order valence-corrected chi connectivity index (χ3v) is 4.97. The molecule has 0 saturated carbocycles. The van der Waals surface area contributed by atoms with E-state index in [1.165, 1.54) is 0 Å². The van der Waals surface area contributed by atoms with Gasteiger partial charge in [0, 0.05) is 10.4 Å². The van der Waals surface area contributed by atoms with Crippen LogP contribution >= 0.6 is 27.5 Å². The maximum absolute atomic E-state index is 11.9. The molecule has 0 spiro atoms. The van der Waals surface area contributed by atoms with E-state index in [1.807, 2.05) is 38.1 Å². The molecule has 0 radical (unpaired) electrons. The van der Waals surface area contributed by atoms with Crippen molar-refractivity contribution in [3.8, 4) is 0 Å². The molecule has 1 aromatic rings. The molecule has 0 atom stereocenters. The standard InChI is InChI=1S/C12H17BrClNO2S/c1-12(2,10-4-6-11(13)7-5-10)15-18(16,17)9-3-8-14/h4-7,15H,3,8-9H2,1-2H3. The average Bonchev–Trinajstić information content (AvgIpc) is 2.25. The van der Waals surface area contributed by atoms with E-state index in [-0.39, 0.29) is 5.75 Å². The summed E-state index contributed by atoms with van der Waals surface area (Å²) in [5, 5.41) is 0. The first-order valence-electron chi connectivity index (χ1n) is 5.60. The van der Waals surface area contributed by atoms with E-state index in [1.54, 1.807) is 0 Å². The van der Waals surface area contributed by atoms with Gasteiger partial charge >= 0.3 is 0 Å². The van der Waals surface area contributed by atoms with Gasteiger partial charge in [0.15, 0.2) is 0 Å². The molecule has 0 fully saturated rings. The van der Waals surface area contributed by atoms with Crippen molar-refractivity contribution in [2.75, 3.05) is 11.6 Å². The Morgan fingerprint density at radius 2 is 1.83 bits per heavy atom. The lowest BCUT2D eigenvalue weighted by Gasteiger charge is -2.26. The number of benzene rings is 1. The average molecular weight is 355 g/mol. The molecule has 0 amide bonds. The van der Waals surface area contributed by atoms with Crippen molar-refractivity contribution in [2.24, 2.45) is 0 Å². The number of nitrogens with one attached hydrogen (secondary N) is 1. The van der Waals surface area contributed by atoms with E-state index >= 15 is 0 Å². The number of sulfonamides is 1. The maximum Gasteiger partial charge on any atom is 0.212 e. The zero-order chi connectivity index (χ0) is 13.8. The van der Waals surface area contributed by atoms with E-state index in [9.17, 15) is 8.42 Å².